The van der Waals surface area contributed by atoms with Crippen LogP contribution in [0.5, 0.6) is 0 Å². The van der Waals surface area contributed by atoms with Gasteiger partial charge in [-0.15, -0.1) is 0 Å². The molecule has 21 heavy (non-hydrogen) atoms. The van der Waals surface area contributed by atoms with Crippen LogP contribution in [0.4, 0.5) is 0 Å². The van der Waals surface area contributed by atoms with E-state index in [4.69, 9.17) is 4.74 Å². The number of rotatable bonds is 5. The molecule has 0 radical (unpaired) electrons. The SMILES string of the molecule is CC(C)OC(=O)[C@H](O)CC(=O)c1ccc2ccccc2c1. The van der Waals surface area contributed by atoms with Crippen LogP contribution in [0.1, 0.15) is 30.6 Å². The van der Waals surface area contributed by atoms with E-state index in [1.807, 2.05) is 30.3 Å². The van der Waals surface area contributed by atoms with Gasteiger partial charge in [-0.1, -0.05) is 36.4 Å². The van der Waals surface area contributed by atoms with Gasteiger partial charge in [0.15, 0.2) is 11.9 Å². The highest BCUT2D eigenvalue weighted by molar-refractivity contribution is 6.01. The largest absolute Gasteiger partial charge is 0.461 e. The molecule has 4 nitrogen and oxygen atoms in total. The number of ether oxygens (including phenoxy) is 1. The number of esters is 1. The summed E-state index contributed by atoms with van der Waals surface area (Å²) in [6.45, 7) is 3.38. The Kier molecular flexibility index (Phi) is 4.70. The molecule has 0 aliphatic heterocycles. The molecule has 1 atom stereocenters. The summed E-state index contributed by atoms with van der Waals surface area (Å²) in [6.07, 6.45) is -2.02. The first kappa shape index (κ1) is 15.2. The molecule has 0 saturated carbocycles. The first-order valence-electron chi connectivity index (χ1n) is 6.88. The molecule has 110 valence electrons. The highest BCUT2D eigenvalue weighted by Gasteiger charge is 2.22. The molecule has 0 spiro atoms. The molecule has 2 rings (SSSR count). The number of hydrogen-bond donors (Lipinski definition) is 1. The van der Waals surface area contributed by atoms with Crippen LogP contribution in [0.3, 0.4) is 0 Å². The maximum absolute atomic E-state index is 12.1. The number of fused-ring (bicyclic) bond motifs is 1. The fourth-order valence-corrected chi connectivity index (χ4v) is 2.05. The summed E-state index contributed by atoms with van der Waals surface area (Å²) in [5, 5.41) is 11.7. The minimum atomic E-state index is -1.42. The quantitative estimate of drug-likeness (QED) is 0.678. The molecule has 0 bridgehead atoms. The third-order valence-electron chi connectivity index (χ3n) is 3.07. The van der Waals surface area contributed by atoms with Crippen LogP contribution in [0.2, 0.25) is 0 Å². The minimum absolute atomic E-state index is 0.274. The second kappa shape index (κ2) is 6.50. The number of Topliss-reactive ketones (excluding diaryl/α,β-unsaturated/α-hetero) is 1. The molecule has 4 heteroatoms. The van der Waals surface area contributed by atoms with Gasteiger partial charge < -0.3 is 9.84 Å². The van der Waals surface area contributed by atoms with Crippen LogP contribution in [-0.4, -0.2) is 29.1 Å². The van der Waals surface area contributed by atoms with E-state index in [0.717, 1.165) is 10.8 Å². The number of aliphatic hydroxyl groups is 1. The van der Waals surface area contributed by atoms with E-state index < -0.39 is 12.1 Å². The van der Waals surface area contributed by atoms with Crippen LogP contribution >= 0.6 is 0 Å². The Hall–Kier alpha value is -2.20. The summed E-state index contributed by atoms with van der Waals surface area (Å²) in [5.74, 6) is -1.05. The molecule has 2 aromatic carbocycles. The second-order valence-electron chi connectivity index (χ2n) is 5.19. The highest BCUT2D eigenvalue weighted by atomic mass is 16.6. The Morgan fingerprint density at radius 1 is 1.10 bits per heavy atom. The fraction of sp³-hybridized carbons (Fsp3) is 0.294. The normalized spacial score (nSPS) is 12.4. The molecule has 0 amide bonds. The van der Waals surface area contributed by atoms with Gasteiger partial charge in [-0.3, -0.25) is 4.79 Å². The van der Waals surface area contributed by atoms with Crippen LogP contribution in [0.15, 0.2) is 42.5 Å². The average Bonchev–Trinajstić information content (AvgIpc) is 2.45. The van der Waals surface area contributed by atoms with Gasteiger partial charge in [-0.25, -0.2) is 4.79 Å². The monoisotopic (exact) mass is 286 g/mol. The molecule has 0 aromatic heterocycles. The van der Waals surface area contributed by atoms with Gasteiger partial charge in [-0.05, 0) is 30.7 Å². The van der Waals surface area contributed by atoms with Crippen LogP contribution in [0.25, 0.3) is 10.8 Å². The summed E-state index contributed by atoms with van der Waals surface area (Å²) in [7, 11) is 0. The van der Waals surface area contributed by atoms with Gasteiger partial charge in [0.05, 0.1) is 6.10 Å². The van der Waals surface area contributed by atoms with Crippen molar-refractivity contribution in [2.75, 3.05) is 0 Å². The smallest absolute Gasteiger partial charge is 0.335 e. The Labute approximate surface area is 123 Å². The van der Waals surface area contributed by atoms with Crippen molar-refractivity contribution < 1.29 is 19.4 Å². The van der Waals surface area contributed by atoms with Crippen molar-refractivity contribution in [2.45, 2.75) is 32.5 Å². The lowest BCUT2D eigenvalue weighted by molar-refractivity contribution is -0.157. The zero-order chi connectivity index (χ0) is 15.4. The standard InChI is InChI=1S/C17H18O4/c1-11(2)21-17(20)16(19)10-15(18)14-8-7-12-5-3-4-6-13(12)9-14/h3-9,11,16,19H,10H2,1-2H3/t16-/m1/s1. The third kappa shape index (κ3) is 3.89. The zero-order valence-corrected chi connectivity index (χ0v) is 12.1. The number of benzene rings is 2. The molecule has 1 N–H and O–H groups in total. The molecular formula is C17H18O4. The summed E-state index contributed by atoms with van der Waals surface area (Å²) in [5.41, 5.74) is 0.477. The van der Waals surface area contributed by atoms with E-state index >= 15 is 0 Å². The van der Waals surface area contributed by atoms with E-state index in [1.54, 1.807) is 26.0 Å². The third-order valence-corrected chi connectivity index (χ3v) is 3.07. The van der Waals surface area contributed by atoms with Gasteiger partial charge in [0.2, 0.25) is 0 Å². The molecule has 0 fully saturated rings. The molecule has 0 heterocycles. The first-order chi connectivity index (χ1) is 9.97. The summed E-state index contributed by atoms with van der Waals surface area (Å²) in [4.78, 5) is 23.6. The number of carbonyl (C=O) groups excluding carboxylic acids is 2. The maximum Gasteiger partial charge on any atom is 0.335 e. The Morgan fingerprint density at radius 2 is 1.76 bits per heavy atom. The lowest BCUT2D eigenvalue weighted by Gasteiger charge is -2.12. The lowest BCUT2D eigenvalue weighted by Crippen LogP contribution is -2.28. The van der Waals surface area contributed by atoms with Gasteiger partial charge in [0.1, 0.15) is 0 Å². The fourth-order valence-electron chi connectivity index (χ4n) is 2.05. The van der Waals surface area contributed by atoms with Crippen molar-refractivity contribution in [1.82, 2.24) is 0 Å². The van der Waals surface area contributed by atoms with E-state index in [1.165, 1.54) is 0 Å². The van der Waals surface area contributed by atoms with E-state index in [9.17, 15) is 14.7 Å². The Balaban J connectivity index is 2.09. The number of hydrogen-bond acceptors (Lipinski definition) is 4. The molecule has 0 aliphatic carbocycles. The predicted octanol–water partition coefficient (Wildman–Crippen LogP) is 2.73. The molecule has 0 aliphatic rings. The van der Waals surface area contributed by atoms with Crippen molar-refractivity contribution in [3.8, 4) is 0 Å². The topological polar surface area (TPSA) is 63.6 Å². The van der Waals surface area contributed by atoms with Gasteiger partial charge in [0, 0.05) is 12.0 Å². The van der Waals surface area contributed by atoms with Crippen LogP contribution in [-0.2, 0) is 9.53 Å². The summed E-state index contributed by atoms with van der Waals surface area (Å²) >= 11 is 0. The van der Waals surface area contributed by atoms with E-state index in [2.05, 4.69) is 0 Å². The first-order valence-corrected chi connectivity index (χ1v) is 6.88. The molecule has 2 aromatic rings. The zero-order valence-electron chi connectivity index (χ0n) is 12.1. The molecule has 0 saturated heterocycles. The summed E-state index contributed by atoms with van der Waals surface area (Å²) < 4.78 is 4.88. The van der Waals surface area contributed by atoms with Crippen molar-refractivity contribution in [3.05, 3.63) is 48.0 Å². The van der Waals surface area contributed by atoms with Gasteiger partial charge in [0.25, 0.3) is 0 Å². The van der Waals surface area contributed by atoms with Crippen molar-refractivity contribution in [1.29, 1.82) is 0 Å². The number of carbonyl (C=O) groups is 2. The van der Waals surface area contributed by atoms with Crippen LogP contribution in [0, 0.1) is 0 Å². The number of ketones is 1. The minimum Gasteiger partial charge on any atom is -0.461 e. The maximum atomic E-state index is 12.1. The molecule has 0 unspecified atom stereocenters. The van der Waals surface area contributed by atoms with Crippen molar-refractivity contribution in [2.24, 2.45) is 0 Å². The lowest BCUT2D eigenvalue weighted by atomic mass is 10.0. The average molecular weight is 286 g/mol. The predicted molar refractivity (Wildman–Crippen MR) is 80.1 cm³/mol. The molecular weight excluding hydrogens is 268 g/mol. The summed E-state index contributed by atoms with van der Waals surface area (Å²) in [6, 6.07) is 13.0. The van der Waals surface area contributed by atoms with Gasteiger partial charge >= 0.3 is 5.97 Å². The highest BCUT2D eigenvalue weighted by Crippen LogP contribution is 2.17. The Morgan fingerprint density at radius 3 is 2.43 bits per heavy atom. The van der Waals surface area contributed by atoms with Gasteiger partial charge in [-0.2, -0.15) is 0 Å². The van der Waals surface area contributed by atoms with E-state index in [-0.39, 0.29) is 18.3 Å². The van der Waals surface area contributed by atoms with Crippen LogP contribution < -0.4 is 0 Å². The number of aliphatic hydroxyl groups excluding tert-OH is 1. The Bertz CT molecular complexity index is 661. The van der Waals surface area contributed by atoms with E-state index in [0.29, 0.717) is 5.56 Å². The second-order valence-corrected chi connectivity index (χ2v) is 5.19. The van der Waals surface area contributed by atoms with Crippen molar-refractivity contribution in [3.63, 3.8) is 0 Å². The van der Waals surface area contributed by atoms with Crippen molar-refractivity contribution >= 4 is 22.5 Å².